The second-order valence-corrected chi connectivity index (χ2v) is 9.86. The maximum absolute atomic E-state index is 12.7. The van der Waals surface area contributed by atoms with E-state index < -0.39 is 0 Å². The van der Waals surface area contributed by atoms with Gasteiger partial charge in [-0.05, 0) is 42.1 Å². The summed E-state index contributed by atoms with van der Waals surface area (Å²) in [4.78, 5) is 31.3. The molecule has 174 valence electrons. The Kier molecular flexibility index (Phi) is 8.01. The minimum atomic E-state index is -0.100. The highest BCUT2D eigenvalue weighted by molar-refractivity contribution is 14.0. The maximum atomic E-state index is 12.7. The van der Waals surface area contributed by atoms with E-state index in [2.05, 4.69) is 65.9 Å². The molecule has 0 radical (unpaired) electrons. The molecule has 1 aliphatic heterocycles. The van der Waals surface area contributed by atoms with Gasteiger partial charge in [-0.3, -0.25) is 19.5 Å². The number of hydrogen-bond acceptors (Lipinski definition) is 3. The Morgan fingerprint density at radius 3 is 2.28 bits per heavy atom. The summed E-state index contributed by atoms with van der Waals surface area (Å²) in [5.74, 6) is 1.18. The molecule has 4 rings (SSSR count). The number of carbonyl (C=O) groups excluding carboxylic acids is 2. The van der Waals surface area contributed by atoms with E-state index in [9.17, 15) is 9.59 Å². The monoisotopic (exact) mass is 550 g/mol. The van der Waals surface area contributed by atoms with Crippen LogP contribution in [-0.4, -0.2) is 49.4 Å². The molecule has 1 saturated heterocycles. The number of aliphatic imine (C=N–C) groups is 1. The van der Waals surface area contributed by atoms with Crippen LogP contribution in [0.15, 0.2) is 47.5 Å². The molecule has 2 bridgehead atoms. The molecule has 0 spiro atoms. The lowest BCUT2D eigenvalue weighted by molar-refractivity contribution is -0.140. The lowest BCUT2D eigenvalue weighted by Crippen LogP contribution is -2.43. The highest BCUT2D eigenvalue weighted by atomic mass is 127. The summed E-state index contributed by atoms with van der Waals surface area (Å²) in [6, 6.07) is 10.5. The van der Waals surface area contributed by atoms with Gasteiger partial charge in [0.2, 0.25) is 11.8 Å². The summed E-state index contributed by atoms with van der Waals surface area (Å²) in [6.45, 7) is 6.42. The first-order chi connectivity index (χ1) is 14.9. The molecule has 2 N–H and O–H groups in total. The highest BCUT2D eigenvalue weighted by Gasteiger charge is 2.58. The van der Waals surface area contributed by atoms with E-state index in [1.54, 1.807) is 7.05 Å². The predicted molar refractivity (Wildman–Crippen MR) is 138 cm³/mol. The molecular formula is C25H35IN4O2. The Morgan fingerprint density at radius 2 is 1.69 bits per heavy atom. The zero-order chi connectivity index (χ0) is 22.0. The van der Waals surface area contributed by atoms with Crippen LogP contribution in [0.3, 0.4) is 0 Å². The van der Waals surface area contributed by atoms with Crippen molar-refractivity contribution in [2.45, 2.75) is 33.1 Å². The first-order valence-corrected chi connectivity index (χ1v) is 11.4. The van der Waals surface area contributed by atoms with E-state index in [4.69, 9.17) is 0 Å². The second-order valence-electron chi connectivity index (χ2n) is 9.86. The van der Waals surface area contributed by atoms with Crippen molar-refractivity contribution in [3.63, 3.8) is 0 Å². The molecule has 1 heterocycles. The fraction of sp³-hybridized carbons (Fsp3) is 0.560. The maximum Gasteiger partial charge on any atom is 0.233 e. The van der Waals surface area contributed by atoms with Crippen LogP contribution < -0.4 is 10.6 Å². The standard InChI is InChI=1S/C25H34N4O2.HI/c1-25(2,15-17-8-5-4-6-9-17)16-28-24(26-3)27-12-7-13-29-22(30)20-18-10-11-19(14-18)21(20)23(29)31;/h4-6,8-11,18-21H,7,12-16H2,1-3H3,(H2,26,27,28);1H. The fourth-order valence-corrected chi connectivity index (χ4v) is 5.38. The summed E-state index contributed by atoms with van der Waals surface area (Å²) in [6.07, 6.45) is 6.95. The Balaban J connectivity index is 0.00000289. The molecule has 4 atom stereocenters. The fourth-order valence-electron chi connectivity index (χ4n) is 5.38. The van der Waals surface area contributed by atoms with E-state index in [1.807, 2.05) is 6.07 Å². The van der Waals surface area contributed by atoms with Gasteiger partial charge in [0, 0.05) is 26.7 Å². The average Bonchev–Trinajstić information content (AvgIpc) is 3.43. The van der Waals surface area contributed by atoms with Crippen molar-refractivity contribution < 1.29 is 9.59 Å². The number of nitrogens with zero attached hydrogens (tertiary/aromatic N) is 2. The van der Waals surface area contributed by atoms with Crippen molar-refractivity contribution >= 4 is 41.8 Å². The number of halogens is 1. The molecule has 32 heavy (non-hydrogen) atoms. The molecule has 3 aliphatic rings. The summed E-state index contributed by atoms with van der Waals surface area (Å²) in [5.41, 5.74) is 1.41. The quantitative estimate of drug-likeness (QED) is 0.130. The third-order valence-electron chi connectivity index (χ3n) is 6.90. The molecule has 1 aromatic carbocycles. The van der Waals surface area contributed by atoms with Crippen molar-refractivity contribution in [1.29, 1.82) is 0 Å². The molecule has 1 aromatic rings. The highest BCUT2D eigenvalue weighted by Crippen LogP contribution is 2.52. The number of benzene rings is 1. The van der Waals surface area contributed by atoms with Crippen LogP contribution in [0.5, 0.6) is 0 Å². The Bertz CT molecular complexity index is 853. The largest absolute Gasteiger partial charge is 0.356 e. The lowest BCUT2D eigenvalue weighted by atomic mass is 9.85. The van der Waals surface area contributed by atoms with E-state index >= 15 is 0 Å². The number of nitrogens with one attached hydrogen (secondary N) is 2. The summed E-state index contributed by atoms with van der Waals surface area (Å²) < 4.78 is 0. The number of allylic oxidation sites excluding steroid dienone is 2. The summed E-state index contributed by atoms with van der Waals surface area (Å²) in [7, 11) is 1.76. The van der Waals surface area contributed by atoms with Gasteiger partial charge in [-0.1, -0.05) is 56.3 Å². The van der Waals surface area contributed by atoms with E-state index in [1.165, 1.54) is 10.5 Å². The van der Waals surface area contributed by atoms with Crippen molar-refractivity contribution in [1.82, 2.24) is 15.5 Å². The third kappa shape index (κ3) is 5.18. The van der Waals surface area contributed by atoms with Gasteiger partial charge in [-0.25, -0.2) is 0 Å². The summed E-state index contributed by atoms with van der Waals surface area (Å²) in [5, 5.41) is 6.73. The molecule has 2 amide bonds. The molecular weight excluding hydrogens is 515 g/mol. The second kappa shape index (κ2) is 10.4. The molecule has 2 fully saturated rings. The zero-order valence-corrected chi connectivity index (χ0v) is 21.5. The van der Waals surface area contributed by atoms with E-state index in [0.29, 0.717) is 19.5 Å². The van der Waals surface area contributed by atoms with Crippen molar-refractivity contribution in [2.24, 2.45) is 34.1 Å². The summed E-state index contributed by atoms with van der Waals surface area (Å²) >= 11 is 0. The number of rotatable bonds is 8. The SMILES string of the molecule is CN=C(NCCCN1C(=O)C2C3C=CC(C3)C2C1=O)NCC(C)(C)Cc1ccccc1.I. The lowest BCUT2D eigenvalue weighted by Gasteiger charge is -2.26. The van der Waals surface area contributed by atoms with E-state index in [0.717, 1.165) is 25.3 Å². The molecule has 4 unspecified atom stereocenters. The van der Waals surface area contributed by atoms with Gasteiger partial charge in [0.05, 0.1) is 11.8 Å². The van der Waals surface area contributed by atoms with Gasteiger partial charge in [0.1, 0.15) is 0 Å². The van der Waals surface area contributed by atoms with Crippen molar-refractivity contribution in [3.8, 4) is 0 Å². The topological polar surface area (TPSA) is 73.8 Å². The Labute approximate surface area is 208 Å². The molecule has 1 saturated carbocycles. The third-order valence-corrected chi connectivity index (χ3v) is 6.90. The normalized spacial score (nSPS) is 26.3. The number of hydrogen-bond donors (Lipinski definition) is 2. The first kappa shape index (κ1) is 24.7. The van der Waals surface area contributed by atoms with Crippen LogP contribution in [0.1, 0.15) is 32.3 Å². The Hall–Kier alpha value is -1.90. The minimum Gasteiger partial charge on any atom is -0.356 e. The number of fused-ring (bicyclic) bond motifs is 5. The smallest absolute Gasteiger partial charge is 0.233 e. The van der Waals surface area contributed by atoms with Crippen LogP contribution >= 0.6 is 24.0 Å². The van der Waals surface area contributed by atoms with Crippen LogP contribution in [-0.2, 0) is 16.0 Å². The molecule has 0 aromatic heterocycles. The molecule has 7 heteroatoms. The molecule has 2 aliphatic carbocycles. The average molecular weight is 550 g/mol. The van der Waals surface area contributed by atoms with E-state index in [-0.39, 0.29) is 64.9 Å². The molecule has 6 nitrogen and oxygen atoms in total. The van der Waals surface area contributed by atoms with Crippen molar-refractivity contribution in [3.05, 3.63) is 48.0 Å². The van der Waals surface area contributed by atoms with Crippen LogP contribution in [0.2, 0.25) is 0 Å². The first-order valence-electron chi connectivity index (χ1n) is 11.4. The zero-order valence-electron chi connectivity index (χ0n) is 19.2. The van der Waals surface area contributed by atoms with Crippen LogP contribution in [0, 0.1) is 29.1 Å². The number of imide groups is 1. The number of guanidine groups is 1. The van der Waals surface area contributed by atoms with Crippen molar-refractivity contribution in [2.75, 3.05) is 26.7 Å². The van der Waals surface area contributed by atoms with Gasteiger partial charge >= 0.3 is 0 Å². The van der Waals surface area contributed by atoms with Gasteiger partial charge < -0.3 is 10.6 Å². The number of carbonyl (C=O) groups is 2. The predicted octanol–water partition coefficient (Wildman–Crippen LogP) is 3.24. The van der Waals surface area contributed by atoms with Gasteiger partial charge in [-0.15, -0.1) is 24.0 Å². The van der Waals surface area contributed by atoms with Crippen LogP contribution in [0.4, 0.5) is 0 Å². The van der Waals surface area contributed by atoms with Crippen LogP contribution in [0.25, 0.3) is 0 Å². The van der Waals surface area contributed by atoms with Gasteiger partial charge in [0.15, 0.2) is 5.96 Å². The number of amides is 2. The van der Waals surface area contributed by atoms with Gasteiger partial charge in [0.25, 0.3) is 0 Å². The number of likely N-dealkylation sites (tertiary alicyclic amines) is 1. The Morgan fingerprint density at radius 1 is 1.06 bits per heavy atom. The minimum absolute atomic E-state index is 0. The van der Waals surface area contributed by atoms with Gasteiger partial charge in [-0.2, -0.15) is 0 Å².